The SMILES string of the molecule is C=C(CCC=C(C)C)C(CC(C)(C)O)C(C)(C)O. The molecule has 18 heavy (non-hydrogen) atoms. The van der Waals surface area contributed by atoms with Crippen molar-refractivity contribution in [2.24, 2.45) is 5.92 Å². The second-order valence-corrected chi connectivity index (χ2v) is 6.70. The molecule has 1 atom stereocenters. The summed E-state index contributed by atoms with van der Waals surface area (Å²) in [4.78, 5) is 0. The molecule has 0 aliphatic rings. The van der Waals surface area contributed by atoms with E-state index in [0.717, 1.165) is 18.4 Å². The third-order valence-electron chi connectivity index (χ3n) is 3.07. The minimum absolute atomic E-state index is 0.0805. The summed E-state index contributed by atoms with van der Waals surface area (Å²) in [5.74, 6) is -0.0805. The second kappa shape index (κ2) is 6.53. The highest BCUT2D eigenvalue weighted by molar-refractivity contribution is 5.09. The molecule has 0 amide bonds. The highest BCUT2D eigenvalue weighted by atomic mass is 16.3. The first kappa shape index (κ1) is 17.4. The van der Waals surface area contributed by atoms with Crippen molar-refractivity contribution in [3.8, 4) is 0 Å². The monoisotopic (exact) mass is 254 g/mol. The maximum atomic E-state index is 10.2. The summed E-state index contributed by atoms with van der Waals surface area (Å²) < 4.78 is 0. The van der Waals surface area contributed by atoms with E-state index in [1.54, 1.807) is 27.7 Å². The lowest BCUT2D eigenvalue weighted by Crippen LogP contribution is -2.37. The van der Waals surface area contributed by atoms with E-state index in [1.807, 2.05) is 0 Å². The van der Waals surface area contributed by atoms with E-state index >= 15 is 0 Å². The Bertz CT molecular complexity index is 296. The quantitative estimate of drug-likeness (QED) is 0.678. The number of allylic oxidation sites excluding steroid dienone is 2. The molecular formula is C16H30O2. The number of hydrogen-bond donors (Lipinski definition) is 2. The molecule has 0 aromatic heterocycles. The van der Waals surface area contributed by atoms with Gasteiger partial charge in [-0.1, -0.05) is 23.8 Å². The van der Waals surface area contributed by atoms with Crippen LogP contribution in [0.15, 0.2) is 23.8 Å². The molecule has 1 unspecified atom stereocenters. The molecule has 106 valence electrons. The molecule has 0 spiro atoms. The first-order valence-corrected chi connectivity index (χ1v) is 6.69. The average Bonchev–Trinajstić information content (AvgIpc) is 2.10. The summed E-state index contributed by atoms with van der Waals surface area (Å²) >= 11 is 0. The zero-order chi connectivity index (χ0) is 14.6. The van der Waals surface area contributed by atoms with Crippen LogP contribution >= 0.6 is 0 Å². The molecule has 0 radical (unpaired) electrons. The van der Waals surface area contributed by atoms with E-state index in [0.29, 0.717) is 6.42 Å². The van der Waals surface area contributed by atoms with Gasteiger partial charge >= 0.3 is 0 Å². The standard InChI is InChI=1S/C16H30O2/c1-12(2)9-8-10-13(3)14(16(6,7)18)11-15(4,5)17/h9,14,17-18H,3,8,10-11H2,1-2,4-7H3. The summed E-state index contributed by atoms with van der Waals surface area (Å²) in [5.41, 5.74) is 0.679. The maximum Gasteiger partial charge on any atom is 0.0657 e. The Morgan fingerprint density at radius 3 is 2.00 bits per heavy atom. The highest BCUT2D eigenvalue weighted by Crippen LogP contribution is 2.33. The van der Waals surface area contributed by atoms with Crippen LogP contribution in [0.25, 0.3) is 0 Å². The fourth-order valence-corrected chi connectivity index (χ4v) is 2.11. The Kier molecular flexibility index (Phi) is 6.32. The molecule has 0 bridgehead atoms. The van der Waals surface area contributed by atoms with Crippen molar-refractivity contribution in [2.75, 3.05) is 0 Å². The molecular weight excluding hydrogens is 224 g/mol. The molecule has 0 aromatic rings. The minimum atomic E-state index is -0.845. The summed E-state index contributed by atoms with van der Waals surface area (Å²) in [6.07, 6.45) is 4.51. The summed E-state index contributed by atoms with van der Waals surface area (Å²) in [7, 11) is 0. The van der Waals surface area contributed by atoms with Crippen molar-refractivity contribution in [1.82, 2.24) is 0 Å². The predicted molar refractivity (Wildman–Crippen MR) is 78.5 cm³/mol. The Hall–Kier alpha value is -0.600. The smallest absolute Gasteiger partial charge is 0.0657 e. The predicted octanol–water partition coefficient (Wildman–Crippen LogP) is 3.84. The van der Waals surface area contributed by atoms with Crippen LogP contribution in [0, 0.1) is 5.92 Å². The zero-order valence-electron chi connectivity index (χ0n) is 12.9. The number of rotatable bonds is 7. The molecule has 0 aliphatic heterocycles. The fourth-order valence-electron chi connectivity index (χ4n) is 2.11. The first-order chi connectivity index (χ1) is 7.93. The molecule has 0 aliphatic carbocycles. The molecule has 0 aromatic carbocycles. The van der Waals surface area contributed by atoms with Crippen LogP contribution in [0.1, 0.15) is 60.8 Å². The van der Waals surface area contributed by atoms with Gasteiger partial charge in [0.15, 0.2) is 0 Å². The lowest BCUT2D eigenvalue weighted by Gasteiger charge is -2.35. The van der Waals surface area contributed by atoms with Crippen LogP contribution in [0.5, 0.6) is 0 Å². The van der Waals surface area contributed by atoms with Gasteiger partial charge in [0.2, 0.25) is 0 Å². The molecule has 2 heteroatoms. The van der Waals surface area contributed by atoms with Gasteiger partial charge in [0, 0.05) is 5.92 Å². The zero-order valence-corrected chi connectivity index (χ0v) is 12.9. The molecule has 0 fully saturated rings. The van der Waals surface area contributed by atoms with Gasteiger partial charge < -0.3 is 10.2 Å². The van der Waals surface area contributed by atoms with Crippen molar-refractivity contribution in [2.45, 2.75) is 72.0 Å². The topological polar surface area (TPSA) is 40.5 Å². The highest BCUT2D eigenvalue weighted by Gasteiger charge is 2.33. The van der Waals surface area contributed by atoms with Crippen molar-refractivity contribution in [1.29, 1.82) is 0 Å². The van der Waals surface area contributed by atoms with Crippen LogP contribution in [0.4, 0.5) is 0 Å². The Morgan fingerprint density at radius 1 is 1.17 bits per heavy atom. The first-order valence-electron chi connectivity index (χ1n) is 6.69. The Morgan fingerprint density at radius 2 is 1.67 bits per heavy atom. The van der Waals surface area contributed by atoms with Crippen LogP contribution < -0.4 is 0 Å². The van der Waals surface area contributed by atoms with Gasteiger partial charge in [0.25, 0.3) is 0 Å². The normalized spacial score (nSPS) is 14.2. The largest absolute Gasteiger partial charge is 0.390 e. The van der Waals surface area contributed by atoms with Crippen LogP contribution in [0.3, 0.4) is 0 Å². The van der Waals surface area contributed by atoms with E-state index < -0.39 is 11.2 Å². The van der Waals surface area contributed by atoms with Gasteiger partial charge in [-0.05, 0) is 60.8 Å². The van der Waals surface area contributed by atoms with Gasteiger partial charge in [0.1, 0.15) is 0 Å². The van der Waals surface area contributed by atoms with E-state index in [1.165, 1.54) is 5.57 Å². The number of aliphatic hydroxyl groups is 2. The third kappa shape index (κ3) is 7.67. The van der Waals surface area contributed by atoms with Crippen LogP contribution in [-0.4, -0.2) is 21.4 Å². The number of hydrogen-bond acceptors (Lipinski definition) is 2. The van der Waals surface area contributed by atoms with Crippen molar-refractivity contribution >= 4 is 0 Å². The van der Waals surface area contributed by atoms with E-state index in [4.69, 9.17) is 0 Å². The summed E-state index contributed by atoms with van der Waals surface area (Å²) in [5, 5.41) is 20.2. The molecule has 0 saturated carbocycles. The molecule has 0 rings (SSSR count). The summed E-state index contributed by atoms with van der Waals surface area (Å²) in [6, 6.07) is 0. The van der Waals surface area contributed by atoms with Gasteiger partial charge in [0.05, 0.1) is 11.2 Å². The lowest BCUT2D eigenvalue weighted by molar-refractivity contribution is -0.0188. The van der Waals surface area contributed by atoms with E-state index in [9.17, 15) is 10.2 Å². The summed E-state index contributed by atoms with van der Waals surface area (Å²) in [6.45, 7) is 15.4. The van der Waals surface area contributed by atoms with Crippen LogP contribution in [0.2, 0.25) is 0 Å². The van der Waals surface area contributed by atoms with Crippen molar-refractivity contribution < 1.29 is 10.2 Å². The third-order valence-corrected chi connectivity index (χ3v) is 3.07. The lowest BCUT2D eigenvalue weighted by atomic mass is 9.77. The van der Waals surface area contributed by atoms with Gasteiger partial charge in [-0.3, -0.25) is 0 Å². The van der Waals surface area contributed by atoms with E-state index in [2.05, 4.69) is 26.5 Å². The Balaban J connectivity index is 4.68. The molecule has 2 N–H and O–H groups in total. The molecule has 0 saturated heterocycles. The minimum Gasteiger partial charge on any atom is -0.390 e. The van der Waals surface area contributed by atoms with Crippen molar-refractivity contribution in [3.63, 3.8) is 0 Å². The van der Waals surface area contributed by atoms with Crippen molar-refractivity contribution in [3.05, 3.63) is 23.8 Å². The molecule has 0 heterocycles. The molecule has 2 nitrogen and oxygen atoms in total. The average molecular weight is 254 g/mol. The fraction of sp³-hybridized carbons (Fsp3) is 0.750. The van der Waals surface area contributed by atoms with Gasteiger partial charge in [-0.2, -0.15) is 0 Å². The maximum absolute atomic E-state index is 10.2. The second-order valence-electron chi connectivity index (χ2n) is 6.70. The Labute approximate surface area is 112 Å². The van der Waals surface area contributed by atoms with Crippen LogP contribution in [-0.2, 0) is 0 Å². The van der Waals surface area contributed by atoms with Gasteiger partial charge in [-0.25, -0.2) is 0 Å². The van der Waals surface area contributed by atoms with E-state index in [-0.39, 0.29) is 5.92 Å². The van der Waals surface area contributed by atoms with Gasteiger partial charge in [-0.15, -0.1) is 0 Å².